The molecule has 2 aromatic rings. The van der Waals surface area contributed by atoms with Crippen LogP contribution < -0.4 is 4.74 Å². The largest absolute Gasteiger partial charge is 0.484 e. The number of Topliss-reactive ketones (excluding diaryl/α,β-unsaturated/α-hetero) is 1. The van der Waals surface area contributed by atoms with E-state index < -0.39 is 0 Å². The lowest BCUT2D eigenvalue weighted by atomic mass is 10.3. The lowest BCUT2D eigenvalue weighted by Crippen LogP contribution is -2.10. The van der Waals surface area contributed by atoms with Crippen LogP contribution in [0.15, 0.2) is 34.1 Å². The molecule has 6 heteroatoms. The van der Waals surface area contributed by atoms with Crippen molar-refractivity contribution in [1.29, 1.82) is 0 Å². The highest BCUT2D eigenvalue weighted by Crippen LogP contribution is 2.28. The summed E-state index contributed by atoms with van der Waals surface area (Å²) in [5.74, 6) is 0.352. The van der Waals surface area contributed by atoms with Crippen LogP contribution in [0.1, 0.15) is 9.67 Å². The number of carbonyl (C=O) groups excluding carboxylic acids is 1. The van der Waals surface area contributed by atoms with Gasteiger partial charge in [0.15, 0.2) is 6.61 Å². The Morgan fingerprint density at radius 1 is 1.33 bits per heavy atom. The minimum atomic E-state index is -0.0945. The molecule has 0 unspecified atom stereocenters. The van der Waals surface area contributed by atoms with Crippen molar-refractivity contribution in [1.82, 2.24) is 0 Å². The normalized spacial score (nSPS) is 10.4. The number of ketones is 1. The Hall–Kier alpha value is -0.550. The summed E-state index contributed by atoms with van der Waals surface area (Å²) >= 11 is 16.4. The lowest BCUT2D eigenvalue weighted by molar-refractivity contribution is 0.0925. The lowest BCUT2D eigenvalue weighted by Gasteiger charge is -2.07. The Bertz CT molecular complexity index is 583. The van der Waals surface area contributed by atoms with Gasteiger partial charge in [-0.25, -0.2) is 0 Å². The highest BCUT2D eigenvalue weighted by molar-refractivity contribution is 9.10. The Balaban J connectivity index is 2.04. The molecule has 1 aromatic heterocycles. The third-order valence-corrected chi connectivity index (χ3v) is 4.53. The Morgan fingerprint density at radius 3 is 2.72 bits per heavy atom. The molecule has 0 radical (unpaired) electrons. The van der Waals surface area contributed by atoms with Crippen LogP contribution in [0.3, 0.4) is 0 Å². The third kappa shape index (κ3) is 3.26. The van der Waals surface area contributed by atoms with Crippen LogP contribution in [0, 0.1) is 0 Å². The first-order valence-electron chi connectivity index (χ1n) is 4.92. The summed E-state index contributed by atoms with van der Waals surface area (Å²) in [6.07, 6.45) is 0. The van der Waals surface area contributed by atoms with Gasteiger partial charge in [0.1, 0.15) is 5.75 Å². The zero-order valence-corrected chi connectivity index (χ0v) is 12.9. The molecule has 0 aliphatic rings. The zero-order chi connectivity index (χ0) is 13.1. The monoisotopic (exact) mass is 364 g/mol. The summed E-state index contributed by atoms with van der Waals surface area (Å²) in [5, 5.41) is 2.76. The smallest absolute Gasteiger partial charge is 0.211 e. The van der Waals surface area contributed by atoms with Crippen LogP contribution in [-0.2, 0) is 0 Å². The quantitative estimate of drug-likeness (QED) is 0.706. The molecule has 0 aliphatic heterocycles. The molecule has 0 bridgehead atoms. The highest BCUT2D eigenvalue weighted by Gasteiger charge is 2.13. The van der Waals surface area contributed by atoms with Crippen molar-refractivity contribution in [2.24, 2.45) is 0 Å². The van der Waals surface area contributed by atoms with Gasteiger partial charge in [-0.2, -0.15) is 0 Å². The molecule has 0 saturated carbocycles. The molecule has 2 rings (SSSR count). The number of thiophene rings is 1. The van der Waals surface area contributed by atoms with E-state index in [0.29, 0.717) is 20.7 Å². The van der Waals surface area contributed by atoms with Crippen molar-refractivity contribution in [3.05, 3.63) is 49.0 Å². The number of carbonyl (C=O) groups is 1. The number of benzene rings is 1. The van der Waals surface area contributed by atoms with Gasteiger partial charge in [0, 0.05) is 9.50 Å². The van der Waals surface area contributed by atoms with Gasteiger partial charge in [-0.1, -0.05) is 23.2 Å². The molecule has 1 aromatic carbocycles. The predicted molar refractivity (Wildman–Crippen MR) is 78.3 cm³/mol. The Kier molecular flexibility index (Phi) is 4.67. The summed E-state index contributed by atoms with van der Waals surface area (Å²) in [7, 11) is 0. The second-order valence-corrected chi connectivity index (χ2v) is 6.00. The minimum Gasteiger partial charge on any atom is -0.484 e. The molecular formula is C12H7BrCl2O2S. The van der Waals surface area contributed by atoms with Crippen LogP contribution in [0.4, 0.5) is 0 Å². The molecule has 0 amide bonds. The zero-order valence-electron chi connectivity index (χ0n) is 8.95. The maximum atomic E-state index is 11.9. The molecule has 0 spiro atoms. The molecule has 0 fully saturated rings. The first-order chi connectivity index (χ1) is 8.58. The SMILES string of the molecule is O=C(COc1ccc(Cl)cc1Cl)c1sccc1Br. The fourth-order valence-corrected chi connectivity index (χ4v) is 3.28. The molecule has 94 valence electrons. The second-order valence-electron chi connectivity index (χ2n) is 3.38. The van der Waals surface area contributed by atoms with E-state index in [1.807, 2.05) is 11.4 Å². The van der Waals surface area contributed by atoms with Gasteiger partial charge in [-0.15, -0.1) is 11.3 Å². The molecular weight excluding hydrogens is 359 g/mol. The summed E-state index contributed by atoms with van der Waals surface area (Å²) in [6, 6.07) is 6.70. The molecule has 0 atom stereocenters. The van der Waals surface area contributed by atoms with E-state index in [-0.39, 0.29) is 12.4 Å². The van der Waals surface area contributed by atoms with Crippen molar-refractivity contribution < 1.29 is 9.53 Å². The van der Waals surface area contributed by atoms with Crippen molar-refractivity contribution in [3.8, 4) is 5.75 Å². The maximum Gasteiger partial charge on any atom is 0.211 e. The molecule has 0 N–H and O–H groups in total. The van der Waals surface area contributed by atoms with Crippen LogP contribution in [-0.4, -0.2) is 12.4 Å². The highest BCUT2D eigenvalue weighted by atomic mass is 79.9. The van der Waals surface area contributed by atoms with Gasteiger partial charge in [0.2, 0.25) is 5.78 Å². The molecule has 18 heavy (non-hydrogen) atoms. The van der Waals surface area contributed by atoms with Crippen molar-refractivity contribution >= 4 is 56.3 Å². The van der Waals surface area contributed by atoms with E-state index in [1.54, 1.807) is 18.2 Å². The Labute approximate surface area is 127 Å². The van der Waals surface area contributed by atoms with Crippen molar-refractivity contribution in [2.75, 3.05) is 6.61 Å². The summed E-state index contributed by atoms with van der Waals surface area (Å²) < 4.78 is 6.16. The van der Waals surface area contributed by atoms with Crippen LogP contribution in [0.25, 0.3) is 0 Å². The first kappa shape index (κ1) is 13.9. The fourth-order valence-electron chi connectivity index (χ4n) is 1.29. The van der Waals surface area contributed by atoms with Crippen LogP contribution >= 0.6 is 50.5 Å². The summed E-state index contributed by atoms with van der Waals surface area (Å²) in [6.45, 7) is -0.0551. The molecule has 1 heterocycles. The average molecular weight is 366 g/mol. The van der Waals surface area contributed by atoms with E-state index in [0.717, 1.165) is 4.47 Å². The number of hydrogen-bond donors (Lipinski definition) is 0. The third-order valence-electron chi connectivity index (χ3n) is 2.12. The summed E-state index contributed by atoms with van der Waals surface area (Å²) in [5.41, 5.74) is 0. The van der Waals surface area contributed by atoms with Gasteiger partial charge in [-0.3, -0.25) is 4.79 Å². The van der Waals surface area contributed by atoms with E-state index in [1.165, 1.54) is 11.3 Å². The second kappa shape index (κ2) is 6.06. The molecule has 0 aliphatic carbocycles. The first-order valence-corrected chi connectivity index (χ1v) is 7.35. The fraction of sp³-hybridized carbons (Fsp3) is 0.0833. The predicted octanol–water partition coefficient (Wildman–Crippen LogP) is 5.08. The molecule has 2 nitrogen and oxygen atoms in total. The van der Waals surface area contributed by atoms with Gasteiger partial charge >= 0.3 is 0 Å². The van der Waals surface area contributed by atoms with Crippen molar-refractivity contribution in [3.63, 3.8) is 0 Å². The average Bonchev–Trinajstić information content (AvgIpc) is 2.74. The van der Waals surface area contributed by atoms with E-state index >= 15 is 0 Å². The minimum absolute atomic E-state index is 0.0551. The maximum absolute atomic E-state index is 11.9. The number of halogens is 3. The van der Waals surface area contributed by atoms with Gasteiger partial charge in [0.25, 0.3) is 0 Å². The topological polar surface area (TPSA) is 26.3 Å². The van der Waals surface area contributed by atoms with Gasteiger partial charge < -0.3 is 4.74 Å². The van der Waals surface area contributed by atoms with E-state index in [9.17, 15) is 4.79 Å². The van der Waals surface area contributed by atoms with Gasteiger partial charge in [0.05, 0.1) is 9.90 Å². The van der Waals surface area contributed by atoms with E-state index in [2.05, 4.69) is 15.9 Å². The van der Waals surface area contributed by atoms with E-state index in [4.69, 9.17) is 27.9 Å². The number of hydrogen-bond acceptors (Lipinski definition) is 3. The molecule has 0 saturated heterocycles. The summed E-state index contributed by atoms with van der Waals surface area (Å²) in [4.78, 5) is 12.5. The Morgan fingerprint density at radius 2 is 2.11 bits per heavy atom. The van der Waals surface area contributed by atoms with Crippen LogP contribution in [0.2, 0.25) is 10.0 Å². The standard InChI is InChI=1S/C12H7BrCl2O2S/c13-8-3-4-18-12(8)10(16)6-17-11-2-1-7(14)5-9(11)15/h1-5H,6H2. The van der Waals surface area contributed by atoms with Gasteiger partial charge in [-0.05, 0) is 45.6 Å². The number of rotatable bonds is 4. The van der Waals surface area contributed by atoms with Crippen LogP contribution in [0.5, 0.6) is 5.75 Å². The van der Waals surface area contributed by atoms with Crippen molar-refractivity contribution in [2.45, 2.75) is 0 Å². The number of ether oxygens (including phenoxy) is 1.